The molecule has 94 valence electrons. The van der Waals surface area contributed by atoms with Crippen molar-refractivity contribution in [2.45, 2.75) is 36.0 Å². The van der Waals surface area contributed by atoms with Crippen molar-refractivity contribution in [2.75, 3.05) is 18.8 Å². The SMILES string of the molecule is Cc1c(N)cccc1SC1CNCCC1(C)O. The number of thioether (sulfide) groups is 1. The van der Waals surface area contributed by atoms with Crippen LogP contribution in [0.3, 0.4) is 0 Å². The molecule has 0 bridgehead atoms. The Bertz CT molecular complexity index is 406. The number of hydrogen-bond donors (Lipinski definition) is 3. The summed E-state index contributed by atoms with van der Waals surface area (Å²) in [6.45, 7) is 5.68. The number of benzene rings is 1. The Hall–Kier alpha value is -0.710. The van der Waals surface area contributed by atoms with Crippen molar-refractivity contribution < 1.29 is 5.11 Å². The van der Waals surface area contributed by atoms with Gasteiger partial charge in [-0.1, -0.05) is 6.07 Å². The molecule has 2 atom stereocenters. The molecule has 0 aliphatic carbocycles. The van der Waals surface area contributed by atoms with Crippen LogP contribution in [0.2, 0.25) is 0 Å². The molecule has 0 spiro atoms. The standard InChI is InChI=1S/C13H20N2OS/c1-9-10(14)4-3-5-11(9)17-12-8-15-7-6-13(12,2)16/h3-5,12,15-16H,6-8,14H2,1-2H3. The van der Waals surface area contributed by atoms with Crippen LogP contribution in [0.15, 0.2) is 23.1 Å². The Morgan fingerprint density at radius 1 is 1.53 bits per heavy atom. The molecule has 0 saturated carbocycles. The van der Waals surface area contributed by atoms with E-state index in [1.165, 1.54) is 4.90 Å². The number of nitrogens with two attached hydrogens (primary N) is 1. The highest BCUT2D eigenvalue weighted by molar-refractivity contribution is 8.00. The molecule has 4 N–H and O–H groups in total. The Morgan fingerprint density at radius 3 is 3.00 bits per heavy atom. The third-order valence-electron chi connectivity index (χ3n) is 3.43. The van der Waals surface area contributed by atoms with E-state index in [1.807, 2.05) is 26.0 Å². The van der Waals surface area contributed by atoms with E-state index >= 15 is 0 Å². The predicted molar refractivity (Wildman–Crippen MR) is 73.3 cm³/mol. The highest BCUT2D eigenvalue weighted by Gasteiger charge is 2.35. The van der Waals surface area contributed by atoms with E-state index in [-0.39, 0.29) is 5.25 Å². The van der Waals surface area contributed by atoms with E-state index in [0.29, 0.717) is 0 Å². The van der Waals surface area contributed by atoms with Crippen LogP contribution in [0.1, 0.15) is 18.9 Å². The smallest absolute Gasteiger partial charge is 0.0765 e. The first-order valence-electron chi connectivity index (χ1n) is 5.95. The quantitative estimate of drug-likeness (QED) is 0.702. The molecule has 1 fully saturated rings. The zero-order valence-corrected chi connectivity index (χ0v) is 11.2. The molecule has 1 aromatic carbocycles. The van der Waals surface area contributed by atoms with Gasteiger partial charge in [0.05, 0.1) is 10.9 Å². The minimum atomic E-state index is -0.604. The fourth-order valence-electron chi connectivity index (χ4n) is 2.04. The fraction of sp³-hybridized carbons (Fsp3) is 0.538. The second-order valence-electron chi connectivity index (χ2n) is 4.89. The zero-order valence-electron chi connectivity index (χ0n) is 10.4. The van der Waals surface area contributed by atoms with Crippen LogP contribution in [0.5, 0.6) is 0 Å². The van der Waals surface area contributed by atoms with E-state index in [0.717, 1.165) is 30.8 Å². The van der Waals surface area contributed by atoms with Crippen molar-refractivity contribution >= 4 is 17.4 Å². The van der Waals surface area contributed by atoms with Gasteiger partial charge in [0.2, 0.25) is 0 Å². The third kappa shape index (κ3) is 2.76. The lowest BCUT2D eigenvalue weighted by molar-refractivity contribution is 0.0355. The van der Waals surface area contributed by atoms with Gasteiger partial charge in [-0.05, 0) is 44.5 Å². The molecule has 3 nitrogen and oxygen atoms in total. The average Bonchev–Trinajstić information content (AvgIpc) is 2.27. The number of rotatable bonds is 2. The van der Waals surface area contributed by atoms with Crippen LogP contribution < -0.4 is 11.1 Å². The summed E-state index contributed by atoms with van der Waals surface area (Å²) in [5, 5.41) is 13.9. The van der Waals surface area contributed by atoms with Gasteiger partial charge in [0, 0.05) is 17.1 Å². The Labute approximate surface area is 107 Å². The summed E-state index contributed by atoms with van der Waals surface area (Å²) in [6.07, 6.45) is 0.798. The lowest BCUT2D eigenvalue weighted by atomic mass is 9.94. The molecule has 1 saturated heterocycles. The van der Waals surface area contributed by atoms with Crippen molar-refractivity contribution in [3.05, 3.63) is 23.8 Å². The summed E-state index contributed by atoms with van der Waals surface area (Å²) in [4.78, 5) is 1.17. The van der Waals surface area contributed by atoms with Crippen LogP contribution >= 0.6 is 11.8 Å². The van der Waals surface area contributed by atoms with Gasteiger partial charge in [-0.15, -0.1) is 11.8 Å². The Morgan fingerprint density at radius 2 is 2.29 bits per heavy atom. The molecule has 1 aliphatic heterocycles. The van der Waals surface area contributed by atoms with Gasteiger partial charge < -0.3 is 16.2 Å². The molecule has 0 amide bonds. The molecule has 0 radical (unpaired) electrons. The highest BCUT2D eigenvalue weighted by atomic mass is 32.2. The van der Waals surface area contributed by atoms with Gasteiger partial charge in [0.1, 0.15) is 0 Å². The minimum absolute atomic E-state index is 0.178. The van der Waals surface area contributed by atoms with Crippen molar-refractivity contribution in [1.29, 1.82) is 0 Å². The van der Waals surface area contributed by atoms with E-state index < -0.39 is 5.60 Å². The van der Waals surface area contributed by atoms with Crippen LogP contribution in [-0.4, -0.2) is 29.0 Å². The topological polar surface area (TPSA) is 58.3 Å². The maximum atomic E-state index is 10.4. The zero-order chi connectivity index (χ0) is 12.5. The molecule has 2 unspecified atom stereocenters. The molecule has 0 aromatic heterocycles. The second kappa shape index (κ2) is 4.88. The van der Waals surface area contributed by atoms with E-state index in [1.54, 1.807) is 11.8 Å². The van der Waals surface area contributed by atoms with Gasteiger partial charge in [0.15, 0.2) is 0 Å². The lowest BCUT2D eigenvalue weighted by Crippen LogP contribution is -2.50. The summed E-state index contributed by atoms with van der Waals surface area (Å²) in [5.74, 6) is 0. The molecule has 2 rings (SSSR count). The van der Waals surface area contributed by atoms with Gasteiger partial charge in [-0.2, -0.15) is 0 Å². The monoisotopic (exact) mass is 252 g/mol. The van der Waals surface area contributed by atoms with Gasteiger partial charge >= 0.3 is 0 Å². The molecule has 17 heavy (non-hydrogen) atoms. The first kappa shape index (κ1) is 12.7. The van der Waals surface area contributed by atoms with Crippen LogP contribution in [0.25, 0.3) is 0 Å². The number of aliphatic hydroxyl groups is 1. The Balaban J connectivity index is 2.17. The van der Waals surface area contributed by atoms with Gasteiger partial charge in [-0.25, -0.2) is 0 Å². The Kier molecular flexibility index (Phi) is 3.66. The van der Waals surface area contributed by atoms with Crippen molar-refractivity contribution in [1.82, 2.24) is 5.32 Å². The second-order valence-corrected chi connectivity index (χ2v) is 6.13. The van der Waals surface area contributed by atoms with Gasteiger partial charge in [0.25, 0.3) is 0 Å². The van der Waals surface area contributed by atoms with Crippen LogP contribution in [-0.2, 0) is 0 Å². The van der Waals surface area contributed by atoms with Crippen molar-refractivity contribution in [3.8, 4) is 0 Å². The maximum absolute atomic E-state index is 10.4. The first-order chi connectivity index (χ1) is 8.00. The summed E-state index contributed by atoms with van der Waals surface area (Å²) < 4.78 is 0. The molecule has 1 aromatic rings. The summed E-state index contributed by atoms with van der Waals surface area (Å²) in [5.41, 5.74) is 7.23. The molecule has 4 heteroatoms. The average molecular weight is 252 g/mol. The van der Waals surface area contributed by atoms with Crippen molar-refractivity contribution in [2.24, 2.45) is 0 Å². The summed E-state index contributed by atoms with van der Waals surface area (Å²) >= 11 is 1.72. The number of nitrogens with one attached hydrogen (secondary N) is 1. The largest absolute Gasteiger partial charge is 0.398 e. The van der Waals surface area contributed by atoms with Crippen LogP contribution in [0, 0.1) is 6.92 Å². The lowest BCUT2D eigenvalue weighted by Gasteiger charge is -2.37. The molecule has 1 aliphatic rings. The van der Waals surface area contributed by atoms with E-state index in [2.05, 4.69) is 11.4 Å². The maximum Gasteiger partial charge on any atom is 0.0765 e. The van der Waals surface area contributed by atoms with Gasteiger partial charge in [-0.3, -0.25) is 0 Å². The fourth-order valence-corrected chi connectivity index (χ4v) is 3.37. The summed E-state index contributed by atoms with van der Waals surface area (Å²) in [6, 6.07) is 5.95. The highest BCUT2D eigenvalue weighted by Crippen LogP contribution is 2.36. The number of anilines is 1. The number of nitrogen functional groups attached to an aromatic ring is 1. The molecular formula is C13H20N2OS. The first-order valence-corrected chi connectivity index (χ1v) is 6.83. The molecule has 1 heterocycles. The van der Waals surface area contributed by atoms with E-state index in [4.69, 9.17) is 5.73 Å². The van der Waals surface area contributed by atoms with Crippen LogP contribution in [0.4, 0.5) is 5.69 Å². The number of piperidine rings is 1. The predicted octanol–water partition coefficient (Wildman–Crippen LogP) is 1.78. The van der Waals surface area contributed by atoms with Crippen molar-refractivity contribution in [3.63, 3.8) is 0 Å². The molecular weight excluding hydrogens is 232 g/mol. The third-order valence-corrected chi connectivity index (χ3v) is 5.08. The number of hydrogen-bond acceptors (Lipinski definition) is 4. The summed E-state index contributed by atoms with van der Waals surface area (Å²) in [7, 11) is 0. The normalized spacial score (nSPS) is 29.2. The van der Waals surface area contributed by atoms with E-state index in [9.17, 15) is 5.11 Å². The minimum Gasteiger partial charge on any atom is -0.398 e.